The Kier molecular flexibility index (Phi) is 3.59. The molecule has 0 spiro atoms. The predicted octanol–water partition coefficient (Wildman–Crippen LogP) is 1.05. The van der Waals surface area contributed by atoms with Gasteiger partial charge in [-0.1, -0.05) is 29.5 Å². The van der Waals surface area contributed by atoms with Gasteiger partial charge in [0.15, 0.2) is 5.69 Å². The van der Waals surface area contributed by atoms with E-state index in [0.717, 1.165) is 24.8 Å². The lowest BCUT2D eigenvalue weighted by Gasteiger charge is -2.45. The maximum Gasteiger partial charge on any atom is 0.270 e. The molecule has 2 amide bonds. The topological polar surface area (TPSA) is 94.1 Å². The summed E-state index contributed by atoms with van der Waals surface area (Å²) in [4.78, 5) is 26.2. The van der Waals surface area contributed by atoms with Crippen LogP contribution in [0.3, 0.4) is 0 Å². The predicted molar refractivity (Wildman–Crippen MR) is 90.9 cm³/mol. The summed E-state index contributed by atoms with van der Waals surface area (Å²) in [6, 6.07) is 8.30. The number of amides is 2. The summed E-state index contributed by atoms with van der Waals surface area (Å²) in [7, 11) is 0. The number of aryl methyl sites for hydroxylation is 1. The molecule has 1 aromatic heterocycles. The number of hydrogen-bond donors (Lipinski definition) is 1. The van der Waals surface area contributed by atoms with Gasteiger partial charge in [0.05, 0.1) is 17.7 Å². The third kappa shape index (κ3) is 2.50. The second kappa shape index (κ2) is 5.68. The minimum absolute atomic E-state index is 0.0481. The van der Waals surface area contributed by atoms with Gasteiger partial charge in [0.1, 0.15) is 0 Å². The third-order valence-corrected chi connectivity index (χ3v) is 5.49. The molecule has 0 saturated carbocycles. The van der Waals surface area contributed by atoms with Crippen molar-refractivity contribution in [3.05, 3.63) is 47.3 Å². The smallest absolute Gasteiger partial charge is 0.270 e. The zero-order valence-electron chi connectivity index (χ0n) is 14.2. The number of carbonyl (C=O) groups is 2. The molecule has 0 unspecified atom stereocenters. The molecule has 1 aliphatic carbocycles. The summed E-state index contributed by atoms with van der Waals surface area (Å²) in [5.41, 5.74) is 7.34. The minimum atomic E-state index is -0.593. The van der Waals surface area contributed by atoms with Crippen LogP contribution in [0.15, 0.2) is 30.5 Å². The van der Waals surface area contributed by atoms with Crippen LogP contribution in [0.5, 0.6) is 0 Å². The Morgan fingerprint density at radius 2 is 2.04 bits per heavy atom. The number of fused-ring (bicyclic) bond motifs is 1. The van der Waals surface area contributed by atoms with Crippen molar-refractivity contribution in [2.24, 2.45) is 5.73 Å². The first-order valence-corrected chi connectivity index (χ1v) is 8.58. The van der Waals surface area contributed by atoms with Crippen molar-refractivity contribution in [3.8, 4) is 0 Å². The molecule has 1 aliphatic heterocycles. The van der Waals surface area contributed by atoms with E-state index in [0.29, 0.717) is 13.1 Å². The van der Waals surface area contributed by atoms with E-state index in [-0.39, 0.29) is 17.6 Å². The monoisotopic (exact) mass is 339 g/mol. The Labute approximate surface area is 145 Å². The number of rotatable bonds is 3. The van der Waals surface area contributed by atoms with Gasteiger partial charge in [-0.15, -0.1) is 5.10 Å². The lowest BCUT2D eigenvalue weighted by molar-refractivity contribution is -0.143. The van der Waals surface area contributed by atoms with Crippen LogP contribution in [-0.2, 0) is 16.6 Å². The second-order valence-corrected chi connectivity index (χ2v) is 7.15. The van der Waals surface area contributed by atoms with Crippen LogP contribution < -0.4 is 5.73 Å². The molecule has 1 atom stereocenters. The normalized spacial score (nSPS) is 23.0. The first kappa shape index (κ1) is 15.8. The quantitative estimate of drug-likeness (QED) is 0.904. The molecular formula is C18H21N5O2. The van der Waals surface area contributed by atoms with Gasteiger partial charge in [0, 0.05) is 13.1 Å². The van der Waals surface area contributed by atoms with Gasteiger partial charge < -0.3 is 10.6 Å². The number of likely N-dealkylation sites (tertiary alicyclic amines) is 1. The zero-order chi connectivity index (χ0) is 17.6. The molecule has 2 N–H and O–H groups in total. The molecule has 130 valence electrons. The number of nitrogens with two attached hydrogens (primary N) is 1. The molecule has 0 bridgehead atoms. The van der Waals surface area contributed by atoms with Crippen LogP contribution in [0, 0.1) is 0 Å². The Morgan fingerprint density at radius 3 is 2.76 bits per heavy atom. The molecule has 2 aromatic rings. The largest absolute Gasteiger partial charge is 0.364 e. The summed E-state index contributed by atoms with van der Waals surface area (Å²) < 4.78 is 1.63. The number of carbonyl (C=O) groups excluding carboxylic acids is 2. The van der Waals surface area contributed by atoms with E-state index in [1.54, 1.807) is 10.9 Å². The summed E-state index contributed by atoms with van der Waals surface area (Å²) >= 11 is 0. The van der Waals surface area contributed by atoms with Crippen molar-refractivity contribution in [1.82, 2.24) is 19.9 Å². The maximum absolute atomic E-state index is 13.2. The van der Waals surface area contributed by atoms with Crippen LogP contribution in [-0.4, -0.2) is 44.8 Å². The highest BCUT2D eigenvalue weighted by Gasteiger charge is 2.45. The Balaban J connectivity index is 1.49. The van der Waals surface area contributed by atoms with Crippen molar-refractivity contribution >= 4 is 11.8 Å². The molecule has 25 heavy (non-hydrogen) atoms. The van der Waals surface area contributed by atoms with Gasteiger partial charge in [-0.25, -0.2) is 4.68 Å². The van der Waals surface area contributed by atoms with Crippen LogP contribution in [0.2, 0.25) is 0 Å². The van der Waals surface area contributed by atoms with Crippen LogP contribution in [0.1, 0.15) is 47.4 Å². The highest BCUT2D eigenvalue weighted by Crippen LogP contribution is 2.40. The summed E-state index contributed by atoms with van der Waals surface area (Å²) in [5.74, 6) is -0.420. The van der Waals surface area contributed by atoms with Gasteiger partial charge >= 0.3 is 0 Å². The molecule has 4 rings (SSSR count). The highest BCUT2D eigenvalue weighted by atomic mass is 16.2. The van der Waals surface area contributed by atoms with Crippen molar-refractivity contribution in [3.63, 3.8) is 0 Å². The lowest BCUT2D eigenvalue weighted by Crippen LogP contribution is -2.57. The van der Waals surface area contributed by atoms with E-state index in [1.807, 2.05) is 17.0 Å². The standard InChI is InChI=1S/C18H21N5O2/c1-18(8-4-6-12-5-2-3-7-14(12)18)17(25)22-9-13(10-22)23-11-15(16(19)24)20-21-23/h2-3,5,7,11,13H,4,6,8-10H2,1H3,(H2,19,24)/t18-/m1/s1. The van der Waals surface area contributed by atoms with E-state index in [1.165, 1.54) is 5.56 Å². The number of benzene rings is 1. The van der Waals surface area contributed by atoms with Gasteiger partial charge in [0.25, 0.3) is 5.91 Å². The Hall–Kier alpha value is -2.70. The molecule has 1 fully saturated rings. The molecule has 2 heterocycles. The molecular weight excluding hydrogens is 318 g/mol. The van der Waals surface area contributed by atoms with Crippen molar-refractivity contribution < 1.29 is 9.59 Å². The van der Waals surface area contributed by atoms with Crippen molar-refractivity contribution in [2.45, 2.75) is 37.6 Å². The zero-order valence-corrected chi connectivity index (χ0v) is 14.2. The number of hydrogen-bond acceptors (Lipinski definition) is 4. The van der Waals surface area contributed by atoms with Crippen molar-refractivity contribution in [1.29, 1.82) is 0 Å². The fraction of sp³-hybridized carbons (Fsp3) is 0.444. The van der Waals surface area contributed by atoms with E-state index >= 15 is 0 Å². The summed E-state index contributed by atoms with van der Waals surface area (Å²) in [5, 5.41) is 7.70. The number of aromatic nitrogens is 3. The van der Waals surface area contributed by atoms with Gasteiger partial charge in [-0.3, -0.25) is 9.59 Å². The van der Waals surface area contributed by atoms with E-state index in [2.05, 4.69) is 29.4 Å². The first-order valence-electron chi connectivity index (χ1n) is 8.58. The van der Waals surface area contributed by atoms with Crippen molar-refractivity contribution in [2.75, 3.05) is 13.1 Å². The van der Waals surface area contributed by atoms with Gasteiger partial charge in [-0.2, -0.15) is 0 Å². The Morgan fingerprint density at radius 1 is 1.28 bits per heavy atom. The molecule has 7 heteroatoms. The van der Waals surface area contributed by atoms with Crippen LogP contribution in [0.25, 0.3) is 0 Å². The van der Waals surface area contributed by atoms with E-state index in [4.69, 9.17) is 5.73 Å². The average Bonchev–Trinajstić information content (AvgIpc) is 3.04. The average molecular weight is 339 g/mol. The van der Waals surface area contributed by atoms with Gasteiger partial charge in [-0.05, 0) is 37.3 Å². The fourth-order valence-electron chi connectivity index (χ4n) is 3.97. The summed E-state index contributed by atoms with van der Waals surface area (Å²) in [6.45, 7) is 3.22. The molecule has 7 nitrogen and oxygen atoms in total. The third-order valence-electron chi connectivity index (χ3n) is 5.49. The number of nitrogens with zero attached hydrogens (tertiary/aromatic N) is 4. The fourth-order valence-corrected chi connectivity index (χ4v) is 3.97. The van der Waals surface area contributed by atoms with Crippen LogP contribution in [0.4, 0.5) is 0 Å². The summed E-state index contributed by atoms with van der Waals surface area (Å²) in [6.07, 6.45) is 4.49. The van der Waals surface area contributed by atoms with E-state index in [9.17, 15) is 9.59 Å². The number of primary amides is 1. The SMILES string of the molecule is C[C@@]1(C(=O)N2CC(n3cc(C(N)=O)nn3)C2)CCCc2ccccc21. The molecule has 1 saturated heterocycles. The first-order chi connectivity index (χ1) is 12.0. The lowest BCUT2D eigenvalue weighted by atomic mass is 9.70. The molecule has 1 aromatic carbocycles. The maximum atomic E-state index is 13.2. The van der Waals surface area contributed by atoms with Gasteiger partial charge in [0.2, 0.25) is 5.91 Å². The van der Waals surface area contributed by atoms with Crippen LogP contribution >= 0.6 is 0 Å². The molecule has 2 aliphatic rings. The highest BCUT2D eigenvalue weighted by molar-refractivity contribution is 5.90. The minimum Gasteiger partial charge on any atom is -0.364 e. The Bertz CT molecular complexity index is 839. The molecule has 0 radical (unpaired) electrons. The van der Waals surface area contributed by atoms with E-state index < -0.39 is 11.3 Å². The second-order valence-electron chi connectivity index (χ2n) is 7.15.